The number of rotatable bonds is 5. The Kier molecular flexibility index (Phi) is 6.16. The molecule has 2 aromatic rings. The zero-order valence-corrected chi connectivity index (χ0v) is 24.1. The molecule has 7 rings (SSSR count). The van der Waals surface area contributed by atoms with E-state index in [2.05, 4.69) is 11.9 Å². The smallest absolute Gasteiger partial charge is 0.345 e. The first-order valence-corrected chi connectivity index (χ1v) is 15.0. The molecule has 10 nitrogen and oxygen atoms in total. The van der Waals surface area contributed by atoms with Crippen molar-refractivity contribution in [1.82, 2.24) is 4.98 Å². The van der Waals surface area contributed by atoms with Crippen LogP contribution in [0.3, 0.4) is 0 Å². The Morgan fingerprint density at radius 3 is 2.52 bits per heavy atom. The van der Waals surface area contributed by atoms with Crippen molar-refractivity contribution in [3.05, 3.63) is 46.6 Å². The van der Waals surface area contributed by atoms with Crippen molar-refractivity contribution in [2.24, 2.45) is 34.0 Å². The van der Waals surface area contributed by atoms with Crippen molar-refractivity contribution in [3.63, 3.8) is 0 Å². The number of hydrogen-bond acceptors (Lipinski definition) is 10. The van der Waals surface area contributed by atoms with Gasteiger partial charge in [0.05, 0.1) is 30.7 Å². The number of esters is 2. The van der Waals surface area contributed by atoms with Gasteiger partial charge in [0.25, 0.3) is 0 Å². The van der Waals surface area contributed by atoms with Crippen molar-refractivity contribution in [3.8, 4) is 17.1 Å². The van der Waals surface area contributed by atoms with E-state index in [1.165, 1.54) is 7.11 Å². The number of aromatic nitrogens is 1. The number of aliphatic hydroxyl groups is 2. The highest BCUT2D eigenvalue weighted by atomic mass is 16.5. The average molecular weight is 580 g/mol. The predicted octanol–water partition coefficient (Wildman–Crippen LogP) is 3.57. The maximum absolute atomic E-state index is 13.4. The third kappa shape index (κ3) is 3.76. The molecule has 4 fully saturated rings. The minimum Gasteiger partial charge on any atom is -0.486 e. The molecule has 2 N–H and O–H groups in total. The molecule has 42 heavy (non-hydrogen) atoms. The molecule has 4 saturated carbocycles. The van der Waals surface area contributed by atoms with Crippen LogP contribution < -0.4 is 10.4 Å². The van der Waals surface area contributed by atoms with Crippen molar-refractivity contribution >= 4 is 11.9 Å². The highest BCUT2D eigenvalue weighted by Gasteiger charge is 2.75. The van der Waals surface area contributed by atoms with Crippen molar-refractivity contribution < 1.29 is 38.4 Å². The molecule has 1 aliphatic heterocycles. The minimum absolute atomic E-state index is 0.0241. The molecular weight excluding hydrogens is 542 g/mol. The van der Waals surface area contributed by atoms with Gasteiger partial charge in [0, 0.05) is 35.4 Å². The molecule has 5 aliphatic rings. The number of pyridine rings is 1. The second-order valence-electron chi connectivity index (χ2n) is 13.4. The van der Waals surface area contributed by atoms with Gasteiger partial charge in [-0.3, -0.25) is 14.6 Å². The molecule has 4 aliphatic carbocycles. The number of carbonyl (C=O) groups excluding carboxylic acids is 2. The first-order valence-electron chi connectivity index (χ1n) is 15.0. The lowest BCUT2D eigenvalue weighted by atomic mass is 9.42. The van der Waals surface area contributed by atoms with Gasteiger partial charge in [-0.15, -0.1) is 0 Å². The quantitative estimate of drug-likeness (QED) is 0.504. The van der Waals surface area contributed by atoms with Gasteiger partial charge in [-0.25, -0.2) is 4.79 Å². The molecule has 0 aromatic carbocycles. The van der Waals surface area contributed by atoms with E-state index in [4.69, 9.17) is 18.6 Å². The summed E-state index contributed by atoms with van der Waals surface area (Å²) in [5, 5.41) is 23.6. The molecule has 224 valence electrons. The van der Waals surface area contributed by atoms with E-state index in [9.17, 15) is 24.6 Å². The number of aliphatic hydroxyl groups excluding tert-OH is 2. The SMILES string of the molecule is COC(=O)C1(C2(C)[C@@H](OC(=O)C3CC3)CC[C@]3(C)[C@@H]4C(Oc5cc(-c6cccnc6)oc(=O)c5[C@@H]4O)C(O)C[C@@H]23)CC1. The monoisotopic (exact) mass is 579 g/mol. The van der Waals surface area contributed by atoms with Crippen LogP contribution in [0.25, 0.3) is 11.3 Å². The lowest BCUT2D eigenvalue weighted by molar-refractivity contribution is -0.248. The van der Waals surface area contributed by atoms with Gasteiger partial charge < -0.3 is 28.8 Å². The van der Waals surface area contributed by atoms with Crippen LogP contribution in [0, 0.1) is 34.0 Å². The minimum atomic E-state index is -1.27. The van der Waals surface area contributed by atoms with Crippen LogP contribution in [0.2, 0.25) is 0 Å². The lowest BCUT2D eigenvalue weighted by Gasteiger charge is -2.65. The van der Waals surface area contributed by atoms with Gasteiger partial charge in [-0.2, -0.15) is 0 Å². The summed E-state index contributed by atoms with van der Waals surface area (Å²) in [6, 6.07) is 5.05. The van der Waals surface area contributed by atoms with Crippen LogP contribution in [0.4, 0.5) is 0 Å². The van der Waals surface area contributed by atoms with Gasteiger partial charge >= 0.3 is 17.6 Å². The van der Waals surface area contributed by atoms with Crippen LogP contribution in [0.5, 0.6) is 5.75 Å². The Morgan fingerprint density at radius 1 is 1.12 bits per heavy atom. The number of ether oxygens (including phenoxy) is 3. The standard InChI is InChI=1S/C32H37NO9/c1-30-9-8-22(42-27(36)16-6-7-16)31(2,32(10-11-32)29(38)39-3)21(30)13-18(34)26-24(30)25(35)23-20(40-26)14-19(41-28(23)37)17-5-4-12-33-15-17/h4-5,12,14-16,18,21-22,24-26,34-35H,6-11,13H2,1-3H3/t18?,21-,22+,24+,25+,26?,30+,31?/m1/s1. The Morgan fingerprint density at radius 2 is 1.88 bits per heavy atom. The normalized spacial score (nSPS) is 37.7. The van der Waals surface area contributed by atoms with E-state index in [1.807, 2.05) is 6.92 Å². The van der Waals surface area contributed by atoms with E-state index in [1.54, 1.807) is 30.6 Å². The van der Waals surface area contributed by atoms with Crippen molar-refractivity contribution in [1.29, 1.82) is 0 Å². The third-order valence-electron chi connectivity index (χ3n) is 11.4. The molecular formula is C32H37NO9. The van der Waals surface area contributed by atoms with E-state index in [0.717, 1.165) is 12.8 Å². The highest BCUT2D eigenvalue weighted by Crippen LogP contribution is 2.74. The predicted molar refractivity (Wildman–Crippen MR) is 147 cm³/mol. The maximum atomic E-state index is 13.4. The second kappa shape index (κ2) is 9.38. The zero-order chi connectivity index (χ0) is 29.6. The van der Waals surface area contributed by atoms with Crippen LogP contribution in [0.1, 0.15) is 70.5 Å². The number of fused-ring (bicyclic) bond motifs is 4. The fourth-order valence-electron chi connectivity index (χ4n) is 8.91. The molecule has 0 saturated heterocycles. The van der Waals surface area contributed by atoms with Gasteiger partial charge in [-0.05, 0) is 68.4 Å². The fourth-order valence-corrected chi connectivity index (χ4v) is 8.91. The Hall–Kier alpha value is -3.24. The van der Waals surface area contributed by atoms with Crippen LogP contribution in [-0.4, -0.2) is 52.6 Å². The largest absolute Gasteiger partial charge is 0.486 e. The number of methoxy groups -OCH3 is 1. The van der Waals surface area contributed by atoms with Gasteiger partial charge in [0.15, 0.2) is 0 Å². The van der Waals surface area contributed by atoms with E-state index in [-0.39, 0.29) is 47.3 Å². The molecule has 0 spiro atoms. The highest BCUT2D eigenvalue weighted by molar-refractivity contribution is 5.81. The summed E-state index contributed by atoms with van der Waals surface area (Å²) in [5.74, 6) is -1.24. The molecule has 3 heterocycles. The van der Waals surface area contributed by atoms with Crippen LogP contribution >= 0.6 is 0 Å². The zero-order valence-electron chi connectivity index (χ0n) is 24.1. The average Bonchev–Trinajstić information content (AvgIpc) is 3.90. The summed E-state index contributed by atoms with van der Waals surface area (Å²) in [5.41, 5.74) is -2.50. The van der Waals surface area contributed by atoms with E-state index >= 15 is 0 Å². The topological polar surface area (TPSA) is 145 Å². The van der Waals surface area contributed by atoms with E-state index < -0.39 is 52.2 Å². The van der Waals surface area contributed by atoms with Gasteiger partial charge in [0.1, 0.15) is 29.3 Å². The lowest BCUT2D eigenvalue weighted by Crippen LogP contribution is -2.68. The molecule has 0 amide bonds. The Labute approximate surface area is 243 Å². The molecule has 2 aromatic heterocycles. The molecule has 3 unspecified atom stereocenters. The second-order valence-corrected chi connectivity index (χ2v) is 13.4. The van der Waals surface area contributed by atoms with Crippen LogP contribution in [-0.2, 0) is 19.1 Å². The first kappa shape index (κ1) is 27.6. The third-order valence-corrected chi connectivity index (χ3v) is 11.4. The summed E-state index contributed by atoms with van der Waals surface area (Å²) in [7, 11) is 1.37. The summed E-state index contributed by atoms with van der Waals surface area (Å²) in [6.07, 6.45) is 3.67. The van der Waals surface area contributed by atoms with E-state index in [0.29, 0.717) is 31.2 Å². The van der Waals surface area contributed by atoms with Gasteiger partial charge in [0.2, 0.25) is 0 Å². The first-order chi connectivity index (χ1) is 20.0. The number of carbonyl (C=O) groups is 2. The molecule has 0 radical (unpaired) electrons. The maximum Gasteiger partial charge on any atom is 0.345 e. The number of hydrogen-bond donors (Lipinski definition) is 2. The van der Waals surface area contributed by atoms with Gasteiger partial charge in [-0.1, -0.05) is 13.8 Å². The number of nitrogens with zero attached hydrogens (tertiary/aromatic N) is 1. The summed E-state index contributed by atoms with van der Waals surface area (Å²) in [6.45, 7) is 4.05. The summed E-state index contributed by atoms with van der Waals surface area (Å²) < 4.78 is 23.5. The Balaban J connectivity index is 1.31. The van der Waals surface area contributed by atoms with Crippen molar-refractivity contribution in [2.45, 2.75) is 83.2 Å². The fraction of sp³-hybridized carbons (Fsp3) is 0.625. The Bertz CT molecular complexity index is 1480. The molecule has 8 atom stereocenters. The molecule has 10 heteroatoms. The molecule has 0 bridgehead atoms. The summed E-state index contributed by atoms with van der Waals surface area (Å²) in [4.78, 5) is 43.8. The van der Waals surface area contributed by atoms with Crippen LogP contribution in [0.15, 0.2) is 39.8 Å². The van der Waals surface area contributed by atoms with Crippen molar-refractivity contribution in [2.75, 3.05) is 7.11 Å². The summed E-state index contributed by atoms with van der Waals surface area (Å²) >= 11 is 0.